The van der Waals surface area contributed by atoms with Crippen molar-refractivity contribution in [2.24, 2.45) is 5.92 Å². The van der Waals surface area contributed by atoms with Gasteiger partial charge in [0.25, 0.3) is 0 Å². The SMILES string of the molecule is CN1CCN([C@H]2C[C@H](C(=O)O)CN(C(=O)OCc3ccccc3)C2)CC1. The van der Waals surface area contributed by atoms with Crippen LogP contribution in [0.5, 0.6) is 0 Å². The van der Waals surface area contributed by atoms with Gasteiger partial charge in [-0.25, -0.2) is 4.79 Å². The Bertz CT molecular complexity index is 616. The number of nitrogens with zero attached hydrogens (tertiary/aromatic N) is 3. The van der Waals surface area contributed by atoms with Gasteiger partial charge < -0.3 is 19.6 Å². The average molecular weight is 361 g/mol. The summed E-state index contributed by atoms with van der Waals surface area (Å²) in [5.74, 6) is -1.39. The molecule has 0 radical (unpaired) electrons. The number of piperazine rings is 1. The lowest BCUT2D eigenvalue weighted by Crippen LogP contribution is -2.57. The average Bonchev–Trinajstić information content (AvgIpc) is 2.67. The molecule has 7 heteroatoms. The molecule has 0 saturated carbocycles. The summed E-state index contributed by atoms with van der Waals surface area (Å²) in [5.41, 5.74) is 0.920. The molecule has 0 spiro atoms. The molecule has 0 bridgehead atoms. The Morgan fingerprint density at radius 3 is 2.46 bits per heavy atom. The Morgan fingerprint density at radius 2 is 1.81 bits per heavy atom. The number of carboxylic acids is 1. The molecule has 1 N–H and O–H groups in total. The fourth-order valence-electron chi connectivity index (χ4n) is 3.66. The Kier molecular flexibility index (Phi) is 6.11. The molecule has 3 rings (SSSR count). The second-order valence-electron chi connectivity index (χ2n) is 7.21. The highest BCUT2D eigenvalue weighted by Gasteiger charge is 2.37. The van der Waals surface area contributed by atoms with Crippen molar-refractivity contribution >= 4 is 12.1 Å². The van der Waals surface area contributed by atoms with Crippen LogP contribution in [0.25, 0.3) is 0 Å². The number of aliphatic carboxylic acids is 1. The molecule has 2 fully saturated rings. The van der Waals surface area contributed by atoms with Crippen molar-refractivity contribution in [2.75, 3.05) is 46.3 Å². The van der Waals surface area contributed by atoms with Crippen molar-refractivity contribution in [3.05, 3.63) is 35.9 Å². The van der Waals surface area contributed by atoms with Gasteiger partial charge in [-0.05, 0) is 19.0 Å². The summed E-state index contributed by atoms with van der Waals surface area (Å²) in [6, 6.07) is 9.58. The monoisotopic (exact) mass is 361 g/mol. The summed E-state index contributed by atoms with van der Waals surface area (Å²) >= 11 is 0. The molecule has 2 heterocycles. The van der Waals surface area contributed by atoms with E-state index in [2.05, 4.69) is 16.8 Å². The fraction of sp³-hybridized carbons (Fsp3) is 0.579. The smallest absolute Gasteiger partial charge is 0.410 e. The lowest BCUT2D eigenvalue weighted by Gasteiger charge is -2.43. The van der Waals surface area contributed by atoms with E-state index in [1.807, 2.05) is 30.3 Å². The molecule has 26 heavy (non-hydrogen) atoms. The van der Waals surface area contributed by atoms with E-state index in [-0.39, 0.29) is 19.2 Å². The number of carboxylic acid groups (broad SMARTS) is 1. The van der Waals surface area contributed by atoms with E-state index < -0.39 is 18.0 Å². The van der Waals surface area contributed by atoms with E-state index in [0.717, 1.165) is 31.7 Å². The molecule has 7 nitrogen and oxygen atoms in total. The molecule has 142 valence electrons. The minimum Gasteiger partial charge on any atom is -0.481 e. The maximum absolute atomic E-state index is 12.5. The molecular formula is C19H27N3O4. The van der Waals surface area contributed by atoms with Crippen molar-refractivity contribution in [3.8, 4) is 0 Å². The first kappa shape index (κ1) is 18.7. The topological polar surface area (TPSA) is 73.3 Å². The number of carbonyl (C=O) groups excluding carboxylic acids is 1. The highest BCUT2D eigenvalue weighted by atomic mass is 16.6. The third-order valence-electron chi connectivity index (χ3n) is 5.30. The Balaban J connectivity index is 1.61. The van der Waals surface area contributed by atoms with E-state index in [1.54, 1.807) is 4.90 Å². The first-order chi connectivity index (χ1) is 12.5. The first-order valence-corrected chi connectivity index (χ1v) is 9.14. The second-order valence-corrected chi connectivity index (χ2v) is 7.21. The molecule has 2 aliphatic heterocycles. The molecule has 1 aromatic carbocycles. The highest BCUT2D eigenvalue weighted by Crippen LogP contribution is 2.23. The van der Waals surface area contributed by atoms with E-state index in [9.17, 15) is 14.7 Å². The van der Waals surface area contributed by atoms with E-state index in [4.69, 9.17) is 4.74 Å². The van der Waals surface area contributed by atoms with Crippen LogP contribution < -0.4 is 0 Å². The minimum atomic E-state index is -0.843. The quantitative estimate of drug-likeness (QED) is 0.873. The number of likely N-dealkylation sites (tertiary alicyclic amines) is 1. The molecule has 2 atom stereocenters. The van der Waals surface area contributed by atoms with Crippen LogP contribution in [0.4, 0.5) is 4.79 Å². The number of rotatable bonds is 4. The van der Waals surface area contributed by atoms with Gasteiger partial charge in [0.1, 0.15) is 6.61 Å². The van der Waals surface area contributed by atoms with E-state index in [1.165, 1.54) is 0 Å². The number of benzene rings is 1. The molecule has 2 saturated heterocycles. The van der Waals surface area contributed by atoms with Crippen LogP contribution in [-0.2, 0) is 16.1 Å². The van der Waals surface area contributed by atoms with Crippen LogP contribution in [0.2, 0.25) is 0 Å². The van der Waals surface area contributed by atoms with Crippen molar-refractivity contribution in [2.45, 2.75) is 19.1 Å². The lowest BCUT2D eigenvalue weighted by atomic mass is 9.93. The van der Waals surface area contributed by atoms with Crippen molar-refractivity contribution in [1.29, 1.82) is 0 Å². The summed E-state index contributed by atoms with van der Waals surface area (Å²) in [6.45, 7) is 4.68. The molecule has 0 aliphatic carbocycles. The second kappa shape index (κ2) is 8.51. The van der Waals surface area contributed by atoms with Gasteiger partial charge in [-0.3, -0.25) is 9.69 Å². The van der Waals surface area contributed by atoms with Gasteiger partial charge in [-0.2, -0.15) is 0 Å². The largest absolute Gasteiger partial charge is 0.481 e. The molecule has 1 amide bonds. The van der Waals surface area contributed by atoms with Crippen LogP contribution in [0.1, 0.15) is 12.0 Å². The van der Waals surface area contributed by atoms with E-state index >= 15 is 0 Å². The van der Waals surface area contributed by atoms with Crippen molar-refractivity contribution in [3.63, 3.8) is 0 Å². The van der Waals surface area contributed by atoms with Gasteiger partial charge in [-0.1, -0.05) is 30.3 Å². The number of hydrogen-bond donors (Lipinski definition) is 1. The van der Waals surface area contributed by atoms with Crippen LogP contribution in [0, 0.1) is 5.92 Å². The third kappa shape index (κ3) is 4.74. The van der Waals surface area contributed by atoms with Gasteiger partial charge >= 0.3 is 12.1 Å². The summed E-state index contributed by atoms with van der Waals surface area (Å²) in [4.78, 5) is 30.2. The number of hydrogen-bond acceptors (Lipinski definition) is 5. The number of piperidine rings is 1. The standard InChI is InChI=1S/C19H27N3O4/c1-20-7-9-21(10-8-20)17-11-16(18(23)24)12-22(13-17)19(25)26-14-15-5-3-2-4-6-15/h2-6,16-17H,7-14H2,1H3,(H,23,24)/t16-,17-/m0/s1. The van der Waals surface area contributed by atoms with Crippen LogP contribution in [0.15, 0.2) is 30.3 Å². The predicted molar refractivity (Wildman–Crippen MR) is 96.8 cm³/mol. The summed E-state index contributed by atoms with van der Waals surface area (Å²) in [7, 11) is 2.09. The van der Waals surface area contributed by atoms with Crippen molar-refractivity contribution in [1.82, 2.24) is 14.7 Å². The van der Waals surface area contributed by atoms with Gasteiger partial charge in [0.05, 0.1) is 5.92 Å². The third-order valence-corrected chi connectivity index (χ3v) is 5.30. The van der Waals surface area contributed by atoms with Gasteiger partial charge in [0, 0.05) is 45.3 Å². The summed E-state index contributed by atoms with van der Waals surface area (Å²) < 4.78 is 5.42. The fourth-order valence-corrected chi connectivity index (χ4v) is 3.66. The normalized spacial score (nSPS) is 25.0. The minimum absolute atomic E-state index is 0.0721. The zero-order chi connectivity index (χ0) is 18.5. The van der Waals surface area contributed by atoms with Crippen LogP contribution in [0.3, 0.4) is 0 Å². The van der Waals surface area contributed by atoms with Gasteiger partial charge in [0.2, 0.25) is 0 Å². The molecule has 1 aromatic rings. The molecule has 0 aromatic heterocycles. The Hall–Kier alpha value is -2.12. The maximum Gasteiger partial charge on any atom is 0.410 e. The lowest BCUT2D eigenvalue weighted by molar-refractivity contribution is -0.144. The molecular weight excluding hydrogens is 334 g/mol. The number of amides is 1. The maximum atomic E-state index is 12.5. The van der Waals surface area contributed by atoms with Crippen LogP contribution >= 0.6 is 0 Å². The Labute approximate surface area is 154 Å². The zero-order valence-corrected chi connectivity index (χ0v) is 15.2. The molecule has 0 unspecified atom stereocenters. The number of ether oxygens (including phenoxy) is 1. The molecule has 2 aliphatic rings. The first-order valence-electron chi connectivity index (χ1n) is 9.14. The number of carbonyl (C=O) groups is 2. The van der Waals surface area contributed by atoms with Gasteiger partial charge in [-0.15, -0.1) is 0 Å². The predicted octanol–water partition coefficient (Wildman–Crippen LogP) is 1.35. The van der Waals surface area contributed by atoms with Gasteiger partial charge in [0.15, 0.2) is 0 Å². The number of likely N-dealkylation sites (N-methyl/N-ethyl adjacent to an activating group) is 1. The Morgan fingerprint density at radius 1 is 1.12 bits per heavy atom. The highest BCUT2D eigenvalue weighted by molar-refractivity contribution is 5.73. The van der Waals surface area contributed by atoms with Crippen LogP contribution in [-0.4, -0.2) is 84.2 Å². The summed E-state index contributed by atoms with van der Waals surface area (Å²) in [6.07, 6.45) is 0.153. The summed E-state index contributed by atoms with van der Waals surface area (Å²) in [5, 5.41) is 9.50. The van der Waals surface area contributed by atoms with E-state index in [0.29, 0.717) is 13.0 Å². The zero-order valence-electron chi connectivity index (χ0n) is 15.2. The van der Waals surface area contributed by atoms with Crippen molar-refractivity contribution < 1.29 is 19.4 Å².